The molecule has 0 spiro atoms. The molecule has 2 aromatic rings. The highest BCUT2D eigenvalue weighted by Gasteiger charge is 2.30. The van der Waals surface area contributed by atoms with Gasteiger partial charge in [0.1, 0.15) is 11.7 Å². The van der Waals surface area contributed by atoms with E-state index in [4.69, 9.17) is 11.6 Å². The van der Waals surface area contributed by atoms with Gasteiger partial charge < -0.3 is 15.2 Å². The predicted octanol–water partition coefficient (Wildman–Crippen LogP) is 1.78. The van der Waals surface area contributed by atoms with Crippen molar-refractivity contribution >= 4 is 34.3 Å². The third kappa shape index (κ3) is 2.25. The Morgan fingerprint density at radius 3 is 2.95 bits per heavy atom. The van der Waals surface area contributed by atoms with Gasteiger partial charge in [-0.25, -0.2) is 0 Å². The molecule has 1 unspecified atom stereocenters. The molecule has 3 rings (SSSR count). The smallest absolute Gasteiger partial charge is 0.268 e. The predicted molar refractivity (Wildman–Crippen MR) is 76.8 cm³/mol. The van der Waals surface area contributed by atoms with E-state index < -0.39 is 6.04 Å². The second kappa shape index (κ2) is 4.83. The van der Waals surface area contributed by atoms with E-state index in [9.17, 15) is 9.59 Å². The summed E-state index contributed by atoms with van der Waals surface area (Å²) in [7, 11) is 1.74. The van der Waals surface area contributed by atoms with Gasteiger partial charge in [-0.2, -0.15) is 0 Å². The van der Waals surface area contributed by atoms with Crippen molar-refractivity contribution < 1.29 is 9.59 Å². The lowest BCUT2D eigenvalue weighted by atomic mass is 10.2. The summed E-state index contributed by atoms with van der Waals surface area (Å²) in [6.45, 7) is 0.673. The molecule has 0 saturated carbocycles. The maximum absolute atomic E-state index is 12.2. The summed E-state index contributed by atoms with van der Waals surface area (Å²) in [5.41, 5.74) is 1.28. The quantitative estimate of drug-likeness (QED) is 0.886. The monoisotopic (exact) mass is 291 g/mol. The van der Waals surface area contributed by atoms with Gasteiger partial charge >= 0.3 is 0 Å². The molecule has 1 aliphatic rings. The van der Waals surface area contributed by atoms with Crippen LogP contribution in [0.15, 0.2) is 24.3 Å². The Morgan fingerprint density at radius 1 is 1.45 bits per heavy atom. The number of likely N-dealkylation sites (tertiary alicyclic amines) is 1. The van der Waals surface area contributed by atoms with Crippen molar-refractivity contribution in [3.8, 4) is 0 Å². The molecule has 0 radical (unpaired) electrons. The summed E-state index contributed by atoms with van der Waals surface area (Å²) in [5.74, 6) is -0.316. The minimum absolute atomic E-state index is 0.0440. The molecular formula is C14H14ClN3O2. The lowest BCUT2D eigenvalue weighted by Gasteiger charge is -2.11. The van der Waals surface area contributed by atoms with Crippen molar-refractivity contribution in [2.24, 2.45) is 0 Å². The average molecular weight is 292 g/mol. The average Bonchev–Trinajstić information content (AvgIpc) is 2.96. The highest BCUT2D eigenvalue weighted by molar-refractivity contribution is 6.31. The maximum atomic E-state index is 12.2. The number of carbonyl (C=O) groups is 2. The number of nitrogens with zero attached hydrogens (tertiary/aromatic N) is 1. The van der Waals surface area contributed by atoms with Crippen molar-refractivity contribution in [3.63, 3.8) is 0 Å². The number of aromatic amines is 1. The number of carbonyl (C=O) groups excluding carboxylic acids is 2. The number of likely N-dealkylation sites (N-methyl/N-ethyl adjacent to an activating group) is 1. The first-order valence-electron chi connectivity index (χ1n) is 6.39. The number of nitrogens with one attached hydrogen (secondary N) is 2. The Hall–Kier alpha value is -2.01. The summed E-state index contributed by atoms with van der Waals surface area (Å²) >= 11 is 5.92. The number of hydrogen-bond acceptors (Lipinski definition) is 2. The van der Waals surface area contributed by atoms with E-state index in [-0.39, 0.29) is 11.8 Å². The van der Waals surface area contributed by atoms with Crippen LogP contribution in [0.5, 0.6) is 0 Å². The van der Waals surface area contributed by atoms with Crippen molar-refractivity contribution in [2.45, 2.75) is 12.5 Å². The summed E-state index contributed by atoms with van der Waals surface area (Å²) in [6.07, 6.45) is 0.646. The van der Waals surface area contributed by atoms with E-state index in [0.717, 1.165) is 10.9 Å². The van der Waals surface area contributed by atoms with Crippen LogP contribution in [-0.2, 0) is 4.79 Å². The molecule has 1 atom stereocenters. The van der Waals surface area contributed by atoms with Crippen LogP contribution >= 0.6 is 11.6 Å². The third-order valence-corrected chi connectivity index (χ3v) is 3.80. The van der Waals surface area contributed by atoms with E-state index >= 15 is 0 Å². The number of H-pyrrole nitrogens is 1. The molecule has 2 amide bonds. The standard InChI is InChI=1S/C14H14ClN3O2/c1-18-5-4-11(14(18)20)17-13(19)12-7-8-6-9(15)2-3-10(8)16-12/h2-3,6-7,11,16H,4-5H2,1H3,(H,17,19). The molecule has 1 aliphatic heterocycles. The lowest BCUT2D eigenvalue weighted by molar-refractivity contribution is -0.128. The van der Waals surface area contributed by atoms with Crippen LogP contribution in [0, 0.1) is 0 Å². The van der Waals surface area contributed by atoms with Crippen molar-refractivity contribution in [2.75, 3.05) is 13.6 Å². The Bertz CT molecular complexity index is 695. The van der Waals surface area contributed by atoms with Crippen LogP contribution in [0.3, 0.4) is 0 Å². The van der Waals surface area contributed by atoms with Crippen LogP contribution in [0.25, 0.3) is 10.9 Å². The van der Waals surface area contributed by atoms with E-state index in [1.54, 1.807) is 30.1 Å². The summed E-state index contributed by atoms with van der Waals surface area (Å²) < 4.78 is 0. The van der Waals surface area contributed by atoms with Gasteiger partial charge in [0.15, 0.2) is 0 Å². The van der Waals surface area contributed by atoms with Gasteiger partial charge in [-0.1, -0.05) is 11.6 Å². The molecule has 0 bridgehead atoms. The molecule has 1 saturated heterocycles. The van der Waals surface area contributed by atoms with E-state index in [2.05, 4.69) is 10.3 Å². The molecule has 1 aromatic carbocycles. The minimum Gasteiger partial charge on any atom is -0.351 e. The van der Waals surface area contributed by atoms with Gasteiger partial charge in [0, 0.05) is 29.5 Å². The van der Waals surface area contributed by atoms with E-state index in [0.29, 0.717) is 23.7 Å². The van der Waals surface area contributed by atoms with Crippen LogP contribution in [0.1, 0.15) is 16.9 Å². The fraction of sp³-hybridized carbons (Fsp3) is 0.286. The molecular weight excluding hydrogens is 278 g/mol. The number of benzene rings is 1. The first-order chi connectivity index (χ1) is 9.54. The van der Waals surface area contributed by atoms with Gasteiger partial charge in [-0.05, 0) is 30.7 Å². The Kier molecular flexibility index (Phi) is 3.14. The highest BCUT2D eigenvalue weighted by Crippen LogP contribution is 2.20. The molecule has 2 N–H and O–H groups in total. The zero-order chi connectivity index (χ0) is 14.3. The highest BCUT2D eigenvalue weighted by atomic mass is 35.5. The molecule has 2 heterocycles. The molecule has 104 valence electrons. The number of amides is 2. The fourth-order valence-corrected chi connectivity index (χ4v) is 2.60. The topological polar surface area (TPSA) is 65.2 Å². The van der Waals surface area contributed by atoms with Crippen LogP contribution in [0.2, 0.25) is 5.02 Å². The normalized spacial score (nSPS) is 18.8. The van der Waals surface area contributed by atoms with Crippen LogP contribution in [-0.4, -0.2) is 41.3 Å². The van der Waals surface area contributed by atoms with E-state index in [1.165, 1.54) is 0 Å². The SMILES string of the molecule is CN1CCC(NC(=O)c2cc3cc(Cl)ccc3[nH]2)C1=O. The Morgan fingerprint density at radius 2 is 2.25 bits per heavy atom. The second-order valence-corrected chi connectivity index (χ2v) is 5.43. The zero-order valence-corrected chi connectivity index (χ0v) is 11.7. The molecule has 0 aliphatic carbocycles. The molecule has 5 nitrogen and oxygen atoms in total. The lowest BCUT2D eigenvalue weighted by Crippen LogP contribution is -2.40. The van der Waals surface area contributed by atoms with Gasteiger partial charge in [0.05, 0.1) is 0 Å². The molecule has 6 heteroatoms. The van der Waals surface area contributed by atoms with Gasteiger partial charge in [-0.15, -0.1) is 0 Å². The molecule has 20 heavy (non-hydrogen) atoms. The number of aromatic nitrogens is 1. The van der Waals surface area contributed by atoms with E-state index in [1.807, 2.05) is 6.07 Å². The van der Waals surface area contributed by atoms with Gasteiger partial charge in [0.2, 0.25) is 5.91 Å². The van der Waals surface area contributed by atoms with Crippen molar-refractivity contribution in [1.82, 2.24) is 15.2 Å². The summed E-state index contributed by atoms with van der Waals surface area (Å²) in [6, 6.07) is 6.68. The largest absolute Gasteiger partial charge is 0.351 e. The van der Waals surface area contributed by atoms with Crippen molar-refractivity contribution in [3.05, 3.63) is 35.0 Å². The first kappa shape index (κ1) is 13.0. The maximum Gasteiger partial charge on any atom is 0.268 e. The van der Waals surface area contributed by atoms with Crippen LogP contribution < -0.4 is 5.32 Å². The molecule has 1 aromatic heterocycles. The van der Waals surface area contributed by atoms with Crippen molar-refractivity contribution in [1.29, 1.82) is 0 Å². The van der Waals surface area contributed by atoms with Gasteiger partial charge in [0.25, 0.3) is 5.91 Å². The Labute approximate surface area is 120 Å². The van der Waals surface area contributed by atoms with Gasteiger partial charge in [-0.3, -0.25) is 9.59 Å². The Balaban J connectivity index is 1.80. The third-order valence-electron chi connectivity index (χ3n) is 3.56. The number of hydrogen-bond donors (Lipinski definition) is 2. The number of rotatable bonds is 2. The zero-order valence-electron chi connectivity index (χ0n) is 10.9. The van der Waals surface area contributed by atoms with Crippen LogP contribution in [0.4, 0.5) is 0 Å². The summed E-state index contributed by atoms with van der Waals surface area (Å²) in [4.78, 5) is 28.6. The molecule has 1 fully saturated rings. The number of fused-ring (bicyclic) bond motifs is 1. The number of halogens is 1. The first-order valence-corrected chi connectivity index (χ1v) is 6.76. The minimum atomic E-state index is -0.428. The summed E-state index contributed by atoms with van der Waals surface area (Å²) in [5, 5.41) is 4.25. The second-order valence-electron chi connectivity index (χ2n) is 4.99. The fourth-order valence-electron chi connectivity index (χ4n) is 2.42.